The third-order valence-electron chi connectivity index (χ3n) is 3.57. The monoisotopic (exact) mass is 182 g/mol. The van der Waals surface area contributed by atoms with Crippen molar-refractivity contribution in [2.75, 3.05) is 26.2 Å². The van der Waals surface area contributed by atoms with Gasteiger partial charge in [0.25, 0.3) is 0 Å². The first-order chi connectivity index (χ1) is 6.27. The van der Waals surface area contributed by atoms with Crippen LogP contribution < -0.4 is 0 Å². The number of rotatable bonds is 1. The maximum absolute atomic E-state index is 2.70. The Morgan fingerprint density at radius 3 is 2.62 bits per heavy atom. The van der Waals surface area contributed by atoms with Crippen LogP contribution in [0.4, 0.5) is 0 Å². The van der Waals surface area contributed by atoms with Gasteiger partial charge < -0.3 is 0 Å². The molecule has 1 atom stereocenters. The molecule has 2 saturated heterocycles. The van der Waals surface area contributed by atoms with E-state index in [9.17, 15) is 0 Å². The first-order valence-corrected chi connectivity index (χ1v) is 5.75. The SMILES string of the molecule is CC(C)N1CCCN2CCC[C@@H]2C1. The van der Waals surface area contributed by atoms with Crippen molar-refractivity contribution < 1.29 is 0 Å². The minimum absolute atomic E-state index is 0.737. The molecule has 0 radical (unpaired) electrons. The fourth-order valence-electron chi connectivity index (χ4n) is 2.70. The highest BCUT2D eigenvalue weighted by Crippen LogP contribution is 2.21. The molecule has 2 heterocycles. The second-order valence-electron chi connectivity index (χ2n) is 4.77. The Labute approximate surface area is 81.9 Å². The van der Waals surface area contributed by atoms with Crippen molar-refractivity contribution in [3.8, 4) is 0 Å². The fraction of sp³-hybridized carbons (Fsp3) is 1.00. The number of fused-ring (bicyclic) bond motifs is 1. The van der Waals surface area contributed by atoms with Gasteiger partial charge in [-0.2, -0.15) is 0 Å². The Hall–Kier alpha value is -0.0800. The Morgan fingerprint density at radius 2 is 1.85 bits per heavy atom. The molecule has 0 aromatic heterocycles. The smallest absolute Gasteiger partial charge is 0.0223 e. The average molecular weight is 182 g/mol. The van der Waals surface area contributed by atoms with Crippen LogP contribution in [-0.4, -0.2) is 48.1 Å². The standard InChI is InChI=1S/C11H22N2/c1-10(2)13-8-4-7-12-6-3-5-11(12)9-13/h10-11H,3-9H2,1-2H3/t11-/m1/s1. The third-order valence-corrected chi connectivity index (χ3v) is 3.57. The molecule has 0 N–H and O–H groups in total. The molecule has 0 aliphatic carbocycles. The van der Waals surface area contributed by atoms with E-state index in [1.165, 1.54) is 45.4 Å². The van der Waals surface area contributed by atoms with Gasteiger partial charge in [-0.3, -0.25) is 9.80 Å². The minimum Gasteiger partial charge on any atom is -0.299 e. The summed E-state index contributed by atoms with van der Waals surface area (Å²) in [5.74, 6) is 0. The first-order valence-electron chi connectivity index (χ1n) is 5.75. The van der Waals surface area contributed by atoms with Gasteiger partial charge >= 0.3 is 0 Å². The van der Waals surface area contributed by atoms with E-state index in [0.29, 0.717) is 0 Å². The van der Waals surface area contributed by atoms with Crippen molar-refractivity contribution in [2.45, 2.75) is 45.2 Å². The van der Waals surface area contributed by atoms with Crippen LogP contribution in [0.2, 0.25) is 0 Å². The normalized spacial score (nSPS) is 32.1. The molecule has 2 rings (SSSR count). The van der Waals surface area contributed by atoms with Crippen LogP contribution in [0.5, 0.6) is 0 Å². The van der Waals surface area contributed by atoms with Gasteiger partial charge in [-0.1, -0.05) is 0 Å². The molecular formula is C11H22N2. The summed E-state index contributed by atoms with van der Waals surface area (Å²) in [6, 6.07) is 1.62. The van der Waals surface area contributed by atoms with Gasteiger partial charge in [0.2, 0.25) is 0 Å². The fourth-order valence-corrected chi connectivity index (χ4v) is 2.70. The molecule has 2 aliphatic rings. The molecule has 0 aromatic carbocycles. The van der Waals surface area contributed by atoms with E-state index in [-0.39, 0.29) is 0 Å². The average Bonchev–Trinajstić information content (AvgIpc) is 2.42. The first kappa shape index (κ1) is 9.47. The van der Waals surface area contributed by atoms with E-state index < -0.39 is 0 Å². The van der Waals surface area contributed by atoms with Crippen LogP contribution in [0.25, 0.3) is 0 Å². The van der Waals surface area contributed by atoms with Crippen molar-refractivity contribution in [1.29, 1.82) is 0 Å². The Morgan fingerprint density at radius 1 is 1.08 bits per heavy atom. The zero-order valence-electron chi connectivity index (χ0n) is 9.00. The molecule has 2 heteroatoms. The molecule has 13 heavy (non-hydrogen) atoms. The van der Waals surface area contributed by atoms with E-state index in [1.807, 2.05) is 0 Å². The summed E-state index contributed by atoms with van der Waals surface area (Å²) in [4.78, 5) is 5.35. The van der Waals surface area contributed by atoms with Crippen molar-refractivity contribution in [2.24, 2.45) is 0 Å². The Bertz CT molecular complexity index is 167. The molecule has 2 fully saturated rings. The van der Waals surface area contributed by atoms with E-state index >= 15 is 0 Å². The van der Waals surface area contributed by atoms with Gasteiger partial charge in [0.1, 0.15) is 0 Å². The highest BCUT2D eigenvalue weighted by atomic mass is 15.3. The highest BCUT2D eigenvalue weighted by Gasteiger charge is 2.29. The highest BCUT2D eigenvalue weighted by molar-refractivity contribution is 4.85. The molecule has 0 spiro atoms. The molecule has 0 saturated carbocycles. The van der Waals surface area contributed by atoms with Crippen molar-refractivity contribution in [1.82, 2.24) is 9.80 Å². The Balaban J connectivity index is 1.96. The minimum atomic E-state index is 0.737. The van der Waals surface area contributed by atoms with Gasteiger partial charge in [0.05, 0.1) is 0 Å². The summed E-state index contributed by atoms with van der Waals surface area (Å²) in [5, 5.41) is 0. The topological polar surface area (TPSA) is 6.48 Å². The van der Waals surface area contributed by atoms with Crippen LogP contribution >= 0.6 is 0 Å². The maximum atomic E-state index is 2.70. The van der Waals surface area contributed by atoms with E-state index in [0.717, 1.165) is 12.1 Å². The summed E-state index contributed by atoms with van der Waals surface area (Å²) >= 11 is 0. The molecule has 2 nitrogen and oxygen atoms in total. The summed E-state index contributed by atoms with van der Waals surface area (Å²) in [7, 11) is 0. The van der Waals surface area contributed by atoms with E-state index in [4.69, 9.17) is 0 Å². The molecule has 0 aromatic rings. The predicted molar refractivity (Wildman–Crippen MR) is 55.9 cm³/mol. The van der Waals surface area contributed by atoms with Gasteiger partial charge in [-0.15, -0.1) is 0 Å². The van der Waals surface area contributed by atoms with E-state index in [2.05, 4.69) is 23.6 Å². The maximum Gasteiger partial charge on any atom is 0.0223 e. The van der Waals surface area contributed by atoms with Crippen LogP contribution in [-0.2, 0) is 0 Å². The molecule has 76 valence electrons. The van der Waals surface area contributed by atoms with Crippen LogP contribution in [0, 0.1) is 0 Å². The summed E-state index contributed by atoms with van der Waals surface area (Å²) < 4.78 is 0. The number of hydrogen-bond acceptors (Lipinski definition) is 2. The molecular weight excluding hydrogens is 160 g/mol. The lowest BCUT2D eigenvalue weighted by atomic mass is 10.2. The van der Waals surface area contributed by atoms with Crippen molar-refractivity contribution in [3.05, 3.63) is 0 Å². The lowest BCUT2D eigenvalue weighted by Gasteiger charge is -2.28. The summed E-state index contributed by atoms with van der Waals surface area (Å²) in [6.45, 7) is 9.97. The van der Waals surface area contributed by atoms with Gasteiger partial charge in [-0.25, -0.2) is 0 Å². The van der Waals surface area contributed by atoms with Crippen molar-refractivity contribution >= 4 is 0 Å². The van der Waals surface area contributed by atoms with Gasteiger partial charge in [0, 0.05) is 18.6 Å². The van der Waals surface area contributed by atoms with Crippen LogP contribution in [0.15, 0.2) is 0 Å². The lowest BCUT2D eigenvalue weighted by molar-refractivity contribution is 0.190. The second kappa shape index (κ2) is 3.97. The molecule has 0 unspecified atom stereocenters. The Kier molecular flexibility index (Phi) is 2.89. The van der Waals surface area contributed by atoms with Crippen molar-refractivity contribution in [3.63, 3.8) is 0 Å². The predicted octanol–water partition coefficient (Wildman–Crippen LogP) is 1.56. The number of hydrogen-bond donors (Lipinski definition) is 0. The van der Waals surface area contributed by atoms with Gasteiger partial charge in [0.15, 0.2) is 0 Å². The lowest BCUT2D eigenvalue weighted by Crippen LogP contribution is -2.39. The molecule has 0 amide bonds. The summed E-state index contributed by atoms with van der Waals surface area (Å²) in [6.07, 6.45) is 4.23. The largest absolute Gasteiger partial charge is 0.299 e. The zero-order valence-corrected chi connectivity index (χ0v) is 9.00. The molecule has 0 bridgehead atoms. The number of nitrogens with zero attached hydrogens (tertiary/aromatic N) is 2. The quantitative estimate of drug-likeness (QED) is 0.607. The van der Waals surface area contributed by atoms with Crippen LogP contribution in [0.3, 0.4) is 0 Å². The third kappa shape index (κ3) is 2.05. The second-order valence-corrected chi connectivity index (χ2v) is 4.77. The summed E-state index contributed by atoms with van der Waals surface area (Å²) in [5.41, 5.74) is 0. The molecule has 2 aliphatic heterocycles. The zero-order chi connectivity index (χ0) is 9.26. The van der Waals surface area contributed by atoms with E-state index in [1.54, 1.807) is 0 Å². The van der Waals surface area contributed by atoms with Crippen LogP contribution in [0.1, 0.15) is 33.1 Å². The van der Waals surface area contributed by atoms with Gasteiger partial charge in [-0.05, 0) is 52.7 Å².